The van der Waals surface area contributed by atoms with Gasteiger partial charge in [-0.1, -0.05) is 43.3 Å². The van der Waals surface area contributed by atoms with Gasteiger partial charge < -0.3 is 10.6 Å². The van der Waals surface area contributed by atoms with E-state index in [2.05, 4.69) is 40.7 Å². The van der Waals surface area contributed by atoms with Crippen molar-refractivity contribution in [1.29, 1.82) is 0 Å². The second-order valence-electron chi connectivity index (χ2n) is 8.81. The van der Waals surface area contributed by atoms with Gasteiger partial charge in [0.1, 0.15) is 17.9 Å². The van der Waals surface area contributed by atoms with Gasteiger partial charge in [0.05, 0.1) is 0 Å². The van der Waals surface area contributed by atoms with Gasteiger partial charge in [0.2, 0.25) is 5.91 Å². The highest BCUT2D eigenvalue weighted by atomic mass is 19.1. The second-order valence-corrected chi connectivity index (χ2v) is 8.81. The third-order valence-corrected chi connectivity index (χ3v) is 6.68. The molecule has 0 bridgehead atoms. The van der Waals surface area contributed by atoms with Crippen LogP contribution < -0.4 is 10.6 Å². The van der Waals surface area contributed by atoms with Gasteiger partial charge in [-0.25, -0.2) is 9.18 Å². The lowest BCUT2D eigenvalue weighted by atomic mass is 9.92. The Hall–Kier alpha value is -3.26. The lowest BCUT2D eigenvalue weighted by Crippen LogP contribution is -2.48. The minimum absolute atomic E-state index is 0.162. The number of nitrogens with one attached hydrogen (secondary N) is 2. The number of nitrogens with zero attached hydrogens (tertiary/aromatic N) is 2. The highest BCUT2D eigenvalue weighted by Crippen LogP contribution is 2.28. The maximum Gasteiger partial charge on any atom is 0.325 e. The molecule has 8 heteroatoms. The van der Waals surface area contributed by atoms with Gasteiger partial charge in [-0.3, -0.25) is 19.4 Å². The van der Waals surface area contributed by atoms with Crippen molar-refractivity contribution in [3.8, 4) is 0 Å². The number of benzene rings is 2. The Bertz CT molecular complexity index is 1060. The summed E-state index contributed by atoms with van der Waals surface area (Å²) in [6, 6.07) is 13.3. The number of hydrogen-bond donors (Lipinski definition) is 2. The number of rotatable bonds is 7. The SMILES string of the molecule is CCC(CNC(=O)CN1C(=O)NC(C)(c2ccc(F)cc2)C1=O)N1CCc2ccccc2C1. The molecule has 0 saturated carbocycles. The number of carbonyl (C=O) groups excluding carboxylic acids is 3. The molecule has 2 aromatic carbocycles. The Morgan fingerprint density at radius 2 is 1.85 bits per heavy atom. The predicted molar refractivity (Wildman–Crippen MR) is 122 cm³/mol. The van der Waals surface area contributed by atoms with Crippen LogP contribution in [0.25, 0.3) is 0 Å². The molecule has 1 fully saturated rings. The molecule has 4 rings (SSSR count). The predicted octanol–water partition coefficient (Wildman–Crippen LogP) is 2.55. The van der Waals surface area contributed by atoms with E-state index in [4.69, 9.17) is 0 Å². The minimum atomic E-state index is -1.34. The lowest BCUT2D eigenvalue weighted by Gasteiger charge is -2.35. The fourth-order valence-corrected chi connectivity index (χ4v) is 4.61. The summed E-state index contributed by atoms with van der Waals surface area (Å²) >= 11 is 0. The molecule has 2 aliphatic heterocycles. The van der Waals surface area contributed by atoms with Crippen molar-refractivity contribution >= 4 is 17.8 Å². The molecule has 7 nitrogen and oxygen atoms in total. The summed E-state index contributed by atoms with van der Waals surface area (Å²) in [5.74, 6) is -1.36. The maximum absolute atomic E-state index is 13.3. The first-order chi connectivity index (χ1) is 15.8. The Kier molecular flexibility index (Phi) is 6.47. The van der Waals surface area contributed by atoms with E-state index in [9.17, 15) is 18.8 Å². The highest BCUT2D eigenvalue weighted by molar-refractivity contribution is 6.09. The quantitative estimate of drug-likeness (QED) is 0.633. The van der Waals surface area contributed by atoms with Crippen LogP contribution in [0.15, 0.2) is 48.5 Å². The molecule has 0 aromatic heterocycles. The molecule has 0 radical (unpaired) electrons. The van der Waals surface area contributed by atoms with Crippen molar-refractivity contribution in [2.75, 3.05) is 19.6 Å². The molecule has 2 aliphatic rings. The second kappa shape index (κ2) is 9.31. The maximum atomic E-state index is 13.3. The number of hydrogen-bond acceptors (Lipinski definition) is 4. The van der Waals surface area contributed by atoms with Crippen molar-refractivity contribution < 1.29 is 18.8 Å². The molecule has 33 heavy (non-hydrogen) atoms. The van der Waals surface area contributed by atoms with Crippen LogP contribution in [-0.4, -0.2) is 53.3 Å². The van der Waals surface area contributed by atoms with Crippen LogP contribution >= 0.6 is 0 Å². The number of imide groups is 1. The molecule has 2 N–H and O–H groups in total. The number of amides is 4. The van der Waals surface area contributed by atoms with Crippen LogP contribution in [0.4, 0.5) is 9.18 Å². The molecular formula is C25H29FN4O3. The van der Waals surface area contributed by atoms with Crippen molar-refractivity contribution in [1.82, 2.24) is 20.4 Å². The van der Waals surface area contributed by atoms with E-state index in [-0.39, 0.29) is 12.6 Å². The van der Waals surface area contributed by atoms with E-state index >= 15 is 0 Å². The number of urea groups is 1. The first-order valence-electron chi connectivity index (χ1n) is 11.3. The molecule has 2 aromatic rings. The first kappa shape index (κ1) is 22.9. The lowest BCUT2D eigenvalue weighted by molar-refractivity contribution is -0.134. The summed E-state index contributed by atoms with van der Waals surface area (Å²) in [5, 5.41) is 5.53. The Balaban J connectivity index is 1.35. The zero-order chi connectivity index (χ0) is 23.6. The molecule has 0 spiro atoms. The number of fused-ring (bicyclic) bond motifs is 1. The average Bonchev–Trinajstić information content (AvgIpc) is 3.03. The summed E-state index contributed by atoms with van der Waals surface area (Å²) < 4.78 is 13.3. The van der Waals surface area contributed by atoms with Crippen LogP contribution in [0, 0.1) is 5.82 Å². The number of halogens is 1. The van der Waals surface area contributed by atoms with E-state index in [0.717, 1.165) is 30.8 Å². The van der Waals surface area contributed by atoms with Crippen LogP contribution in [0.2, 0.25) is 0 Å². The summed E-state index contributed by atoms with van der Waals surface area (Å²) in [4.78, 5) is 41.4. The van der Waals surface area contributed by atoms with Crippen molar-refractivity contribution in [2.45, 2.75) is 44.8 Å². The van der Waals surface area contributed by atoms with Gasteiger partial charge in [0.25, 0.3) is 5.91 Å². The molecule has 174 valence electrons. The number of carbonyl (C=O) groups is 3. The molecule has 2 heterocycles. The molecule has 2 unspecified atom stereocenters. The van der Waals surface area contributed by atoms with Gasteiger partial charge in [-0.15, -0.1) is 0 Å². The first-order valence-corrected chi connectivity index (χ1v) is 11.3. The average molecular weight is 453 g/mol. The summed E-state index contributed by atoms with van der Waals surface area (Å²) in [6.45, 7) is 5.49. The minimum Gasteiger partial charge on any atom is -0.353 e. The fraction of sp³-hybridized carbons (Fsp3) is 0.400. The Morgan fingerprint density at radius 3 is 2.55 bits per heavy atom. The van der Waals surface area contributed by atoms with Crippen molar-refractivity contribution in [3.05, 3.63) is 71.0 Å². The molecule has 0 aliphatic carbocycles. The highest BCUT2D eigenvalue weighted by Gasteiger charge is 2.49. The Morgan fingerprint density at radius 1 is 1.15 bits per heavy atom. The van der Waals surface area contributed by atoms with Crippen LogP contribution in [0.1, 0.15) is 37.0 Å². The van der Waals surface area contributed by atoms with Gasteiger partial charge >= 0.3 is 6.03 Å². The smallest absolute Gasteiger partial charge is 0.325 e. The fourth-order valence-electron chi connectivity index (χ4n) is 4.61. The standard InChI is InChI=1S/C25H29FN4O3/c1-3-21(29-13-12-17-6-4-5-7-18(17)15-29)14-27-22(31)16-30-23(32)25(2,28-24(30)33)19-8-10-20(26)11-9-19/h4-11,21H,3,12-16H2,1-2H3,(H,27,31)(H,28,33). The molecule has 2 atom stereocenters. The van der Waals surface area contributed by atoms with Crippen LogP contribution in [0.3, 0.4) is 0 Å². The van der Waals surface area contributed by atoms with E-state index in [1.807, 2.05) is 6.07 Å². The molecule has 4 amide bonds. The Labute approximate surface area is 192 Å². The zero-order valence-corrected chi connectivity index (χ0v) is 18.9. The van der Waals surface area contributed by atoms with E-state index < -0.39 is 29.2 Å². The van der Waals surface area contributed by atoms with Gasteiger partial charge in [0, 0.05) is 25.7 Å². The topological polar surface area (TPSA) is 81.8 Å². The van der Waals surface area contributed by atoms with E-state index in [0.29, 0.717) is 12.1 Å². The summed E-state index contributed by atoms with van der Waals surface area (Å²) in [6.07, 6.45) is 1.85. The van der Waals surface area contributed by atoms with Gasteiger partial charge in [-0.2, -0.15) is 0 Å². The van der Waals surface area contributed by atoms with Gasteiger partial charge in [-0.05, 0) is 48.6 Å². The van der Waals surface area contributed by atoms with Crippen LogP contribution in [0.5, 0.6) is 0 Å². The molecular weight excluding hydrogens is 423 g/mol. The van der Waals surface area contributed by atoms with Crippen LogP contribution in [-0.2, 0) is 28.1 Å². The van der Waals surface area contributed by atoms with E-state index in [1.54, 1.807) is 6.92 Å². The zero-order valence-electron chi connectivity index (χ0n) is 18.9. The summed E-state index contributed by atoms with van der Waals surface area (Å²) in [5.41, 5.74) is 1.81. The van der Waals surface area contributed by atoms with Crippen molar-refractivity contribution in [2.24, 2.45) is 0 Å². The molecule has 1 saturated heterocycles. The van der Waals surface area contributed by atoms with Crippen molar-refractivity contribution in [3.63, 3.8) is 0 Å². The summed E-state index contributed by atoms with van der Waals surface area (Å²) in [7, 11) is 0. The normalized spacial score (nSPS) is 21.5. The third-order valence-electron chi connectivity index (χ3n) is 6.68. The largest absolute Gasteiger partial charge is 0.353 e. The van der Waals surface area contributed by atoms with E-state index in [1.165, 1.54) is 35.4 Å². The van der Waals surface area contributed by atoms with Gasteiger partial charge in [0.15, 0.2) is 0 Å². The third kappa shape index (κ3) is 4.61. The monoisotopic (exact) mass is 452 g/mol.